The zero-order chi connectivity index (χ0) is 16.8. The van der Waals surface area contributed by atoms with Gasteiger partial charge in [-0.05, 0) is 36.8 Å². The molecule has 7 heteroatoms. The maximum Gasteiger partial charge on any atom is 0.269 e. The second-order valence-electron chi connectivity index (χ2n) is 4.75. The summed E-state index contributed by atoms with van der Waals surface area (Å²) in [5.41, 5.74) is 0.839. The van der Waals surface area contributed by atoms with Gasteiger partial charge in [-0.2, -0.15) is 0 Å². The van der Waals surface area contributed by atoms with E-state index in [0.717, 1.165) is 10.9 Å². The van der Waals surface area contributed by atoms with Gasteiger partial charge in [-0.3, -0.25) is 14.9 Å². The number of carbonyl (C=O) groups excluding carboxylic acids is 1. The first kappa shape index (κ1) is 17.0. The van der Waals surface area contributed by atoms with Gasteiger partial charge < -0.3 is 10.1 Å². The average Bonchev–Trinajstić information content (AvgIpc) is 2.54. The zero-order valence-electron chi connectivity index (χ0n) is 12.4. The maximum absolute atomic E-state index is 12.4. The standard InChI is InChI=1S/C16H15BrN2O4/c1-2-9-23-15-8-3-11(17)10-14(15)16(20)18-12-4-6-13(7-5-12)19(21)22/h3-8,10H,2,9H2,1H3,(H,18,20). The molecule has 1 N–H and O–H groups in total. The molecule has 0 aliphatic carbocycles. The fourth-order valence-electron chi connectivity index (χ4n) is 1.88. The van der Waals surface area contributed by atoms with Gasteiger partial charge in [0, 0.05) is 22.3 Å². The number of nitro benzene ring substituents is 1. The summed E-state index contributed by atoms with van der Waals surface area (Å²) in [4.78, 5) is 22.6. The third-order valence-corrected chi connectivity index (χ3v) is 3.48. The first-order valence-corrected chi connectivity index (χ1v) is 7.78. The molecule has 2 rings (SSSR count). The number of amides is 1. The van der Waals surface area contributed by atoms with Gasteiger partial charge in [0.05, 0.1) is 17.1 Å². The normalized spacial score (nSPS) is 10.2. The van der Waals surface area contributed by atoms with Crippen molar-refractivity contribution in [3.05, 3.63) is 62.6 Å². The second-order valence-corrected chi connectivity index (χ2v) is 5.66. The summed E-state index contributed by atoms with van der Waals surface area (Å²) in [5.74, 6) is 0.153. The molecule has 120 valence electrons. The van der Waals surface area contributed by atoms with Crippen molar-refractivity contribution in [1.29, 1.82) is 0 Å². The highest BCUT2D eigenvalue weighted by atomic mass is 79.9. The molecule has 0 unspecified atom stereocenters. The molecular formula is C16H15BrN2O4. The largest absolute Gasteiger partial charge is 0.493 e. The molecule has 6 nitrogen and oxygen atoms in total. The molecule has 0 atom stereocenters. The fourth-order valence-corrected chi connectivity index (χ4v) is 2.24. The van der Waals surface area contributed by atoms with E-state index in [2.05, 4.69) is 21.2 Å². The van der Waals surface area contributed by atoms with Crippen LogP contribution in [0.4, 0.5) is 11.4 Å². The van der Waals surface area contributed by atoms with Crippen molar-refractivity contribution in [1.82, 2.24) is 0 Å². The van der Waals surface area contributed by atoms with Crippen molar-refractivity contribution in [2.75, 3.05) is 11.9 Å². The number of carbonyl (C=O) groups is 1. The van der Waals surface area contributed by atoms with Gasteiger partial charge in [0.25, 0.3) is 11.6 Å². The Kier molecular flexibility index (Phi) is 5.70. The molecule has 0 radical (unpaired) electrons. The molecule has 0 spiro atoms. The number of benzene rings is 2. The Balaban J connectivity index is 2.19. The topological polar surface area (TPSA) is 81.5 Å². The lowest BCUT2D eigenvalue weighted by molar-refractivity contribution is -0.384. The predicted molar refractivity (Wildman–Crippen MR) is 91.0 cm³/mol. The van der Waals surface area contributed by atoms with Gasteiger partial charge in [0.2, 0.25) is 0 Å². The van der Waals surface area contributed by atoms with Crippen molar-refractivity contribution in [2.45, 2.75) is 13.3 Å². The molecule has 1 amide bonds. The van der Waals surface area contributed by atoms with E-state index >= 15 is 0 Å². The number of rotatable bonds is 6. The van der Waals surface area contributed by atoms with Crippen LogP contribution in [0.2, 0.25) is 0 Å². The lowest BCUT2D eigenvalue weighted by Gasteiger charge is -2.11. The minimum atomic E-state index is -0.489. The number of nitro groups is 1. The van der Waals surface area contributed by atoms with Gasteiger partial charge in [0.15, 0.2) is 0 Å². The Morgan fingerprint density at radius 3 is 2.57 bits per heavy atom. The number of nitrogens with zero attached hydrogens (tertiary/aromatic N) is 1. The number of hydrogen-bond donors (Lipinski definition) is 1. The third-order valence-electron chi connectivity index (χ3n) is 2.98. The fraction of sp³-hybridized carbons (Fsp3) is 0.188. The van der Waals surface area contributed by atoms with Gasteiger partial charge in [-0.15, -0.1) is 0 Å². The van der Waals surface area contributed by atoms with E-state index in [9.17, 15) is 14.9 Å². The van der Waals surface area contributed by atoms with Crippen LogP contribution in [0.25, 0.3) is 0 Å². The summed E-state index contributed by atoms with van der Waals surface area (Å²) in [6.45, 7) is 2.49. The van der Waals surface area contributed by atoms with Crippen LogP contribution >= 0.6 is 15.9 Å². The Morgan fingerprint density at radius 1 is 1.26 bits per heavy atom. The van der Waals surface area contributed by atoms with Gasteiger partial charge in [-0.25, -0.2) is 0 Å². The van der Waals surface area contributed by atoms with Crippen LogP contribution in [-0.2, 0) is 0 Å². The van der Waals surface area contributed by atoms with E-state index in [1.165, 1.54) is 24.3 Å². The highest BCUT2D eigenvalue weighted by molar-refractivity contribution is 9.10. The minimum Gasteiger partial charge on any atom is -0.493 e. The molecule has 2 aromatic rings. The minimum absolute atomic E-state index is 0.0302. The SMILES string of the molecule is CCCOc1ccc(Br)cc1C(=O)Nc1ccc([N+](=O)[O-])cc1. The Labute approximate surface area is 141 Å². The van der Waals surface area contributed by atoms with Crippen LogP contribution in [0, 0.1) is 10.1 Å². The van der Waals surface area contributed by atoms with Crippen LogP contribution in [0.15, 0.2) is 46.9 Å². The molecule has 0 saturated carbocycles. The highest BCUT2D eigenvalue weighted by Gasteiger charge is 2.14. The lowest BCUT2D eigenvalue weighted by atomic mass is 10.1. The number of ether oxygens (including phenoxy) is 1. The van der Waals surface area contributed by atoms with Crippen molar-refractivity contribution in [3.8, 4) is 5.75 Å². The molecule has 2 aromatic carbocycles. The third kappa shape index (κ3) is 4.53. The summed E-state index contributed by atoms with van der Waals surface area (Å²) in [6, 6.07) is 10.8. The number of halogens is 1. The number of non-ortho nitro benzene ring substituents is 1. The van der Waals surface area contributed by atoms with E-state index in [-0.39, 0.29) is 11.6 Å². The average molecular weight is 379 g/mol. The lowest BCUT2D eigenvalue weighted by Crippen LogP contribution is -2.14. The van der Waals surface area contributed by atoms with Crippen molar-refractivity contribution < 1.29 is 14.5 Å². The van der Waals surface area contributed by atoms with Crippen molar-refractivity contribution >= 4 is 33.2 Å². The van der Waals surface area contributed by atoms with Crippen LogP contribution < -0.4 is 10.1 Å². The molecule has 0 aliphatic heterocycles. The first-order valence-electron chi connectivity index (χ1n) is 6.99. The monoisotopic (exact) mass is 378 g/mol. The van der Waals surface area contributed by atoms with E-state index in [4.69, 9.17) is 4.74 Å². The predicted octanol–water partition coefficient (Wildman–Crippen LogP) is 4.40. The Hall–Kier alpha value is -2.41. The number of hydrogen-bond acceptors (Lipinski definition) is 4. The molecule has 0 aliphatic rings. The first-order chi connectivity index (χ1) is 11.0. The van der Waals surface area contributed by atoms with Crippen LogP contribution in [0.5, 0.6) is 5.75 Å². The van der Waals surface area contributed by atoms with Crippen molar-refractivity contribution in [2.24, 2.45) is 0 Å². The zero-order valence-corrected chi connectivity index (χ0v) is 14.0. The van der Waals surface area contributed by atoms with Crippen LogP contribution in [0.1, 0.15) is 23.7 Å². The van der Waals surface area contributed by atoms with E-state index < -0.39 is 4.92 Å². The molecular weight excluding hydrogens is 364 g/mol. The maximum atomic E-state index is 12.4. The van der Waals surface area contributed by atoms with E-state index in [0.29, 0.717) is 23.6 Å². The molecule has 0 heterocycles. The summed E-state index contributed by atoms with van der Waals surface area (Å²) in [5, 5.41) is 13.3. The van der Waals surface area contributed by atoms with E-state index in [1.54, 1.807) is 18.2 Å². The summed E-state index contributed by atoms with van der Waals surface area (Å²) in [6.07, 6.45) is 0.833. The molecule has 0 saturated heterocycles. The number of nitrogens with one attached hydrogen (secondary N) is 1. The summed E-state index contributed by atoms with van der Waals surface area (Å²) >= 11 is 3.33. The van der Waals surface area contributed by atoms with Gasteiger partial charge in [0.1, 0.15) is 5.75 Å². The Bertz CT molecular complexity index is 717. The molecule has 0 fully saturated rings. The van der Waals surface area contributed by atoms with E-state index in [1.807, 2.05) is 6.92 Å². The quantitative estimate of drug-likeness (QED) is 0.596. The molecule has 23 heavy (non-hydrogen) atoms. The second kappa shape index (κ2) is 7.73. The molecule has 0 aromatic heterocycles. The van der Waals surface area contributed by atoms with Gasteiger partial charge in [-0.1, -0.05) is 22.9 Å². The summed E-state index contributed by atoms with van der Waals surface area (Å²) < 4.78 is 6.34. The number of anilines is 1. The van der Waals surface area contributed by atoms with Crippen LogP contribution in [0.3, 0.4) is 0 Å². The van der Waals surface area contributed by atoms with Crippen LogP contribution in [-0.4, -0.2) is 17.4 Å². The summed E-state index contributed by atoms with van der Waals surface area (Å²) in [7, 11) is 0. The van der Waals surface area contributed by atoms with Crippen molar-refractivity contribution in [3.63, 3.8) is 0 Å². The highest BCUT2D eigenvalue weighted by Crippen LogP contribution is 2.25. The Morgan fingerprint density at radius 2 is 1.96 bits per heavy atom. The molecule has 0 bridgehead atoms. The smallest absolute Gasteiger partial charge is 0.269 e. The van der Waals surface area contributed by atoms with Gasteiger partial charge >= 0.3 is 0 Å².